The number of hydrogen-bond donors (Lipinski definition) is 2. The number of aromatic amines is 1. The number of aromatic nitrogens is 5. The van der Waals surface area contributed by atoms with Crippen LogP contribution in [0.4, 0.5) is 15.0 Å². The minimum Gasteiger partial charge on any atom is -0.434 e. The Labute approximate surface area is 280 Å². The number of rotatable bonds is 9. The third-order valence-electron chi connectivity index (χ3n) is 9.70. The average Bonchev–Trinajstić information content (AvgIpc) is 3.76. The summed E-state index contributed by atoms with van der Waals surface area (Å²) in [5.41, 5.74) is 1.59. The van der Waals surface area contributed by atoms with Crippen molar-refractivity contribution in [3.63, 3.8) is 0 Å². The van der Waals surface area contributed by atoms with Crippen molar-refractivity contribution < 1.29 is 28.2 Å². The van der Waals surface area contributed by atoms with Crippen molar-refractivity contribution in [3.05, 3.63) is 40.9 Å². The maximum absolute atomic E-state index is 16.3. The van der Waals surface area contributed by atoms with E-state index in [0.717, 1.165) is 51.4 Å². The molecule has 4 heterocycles. The van der Waals surface area contributed by atoms with Crippen LogP contribution >= 0.6 is 22.9 Å². The predicted molar refractivity (Wildman–Crippen MR) is 174 cm³/mol. The molecule has 4 aromatic heterocycles. The topological polar surface area (TPSA) is 141 Å². The molecule has 4 aliphatic carbocycles. The van der Waals surface area contributed by atoms with Gasteiger partial charge in [-0.2, -0.15) is 0 Å². The Kier molecular flexibility index (Phi) is 9.26. The molecule has 14 heteroatoms. The molecule has 0 aliphatic heterocycles. The molecule has 4 fully saturated rings. The van der Waals surface area contributed by atoms with Crippen LogP contribution in [0.15, 0.2) is 29.9 Å². The Hall–Kier alpha value is -3.84. The van der Waals surface area contributed by atoms with E-state index in [9.17, 15) is 9.59 Å². The first kappa shape index (κ1) is 31.7. The van der Waals surface area contributed by atoms with Crippen molar-refractivity contribution in [2.45, 2.75) is 77.0 Å². The minimum absolute atomic E-state index is 0.0197. The van der Waals surface area contributed by atoms with Gasteiger partial charge >= 0.3 is 12.1 Å². The maximum atomic E-state index is 16.3. The van der Waals surface area contributed by atoms with Crippen molar-refractivity contribution in [2.24, 2.45) is 23.7 Å². The molecule has 0 spiro atoms. The molecule has 4 saturated carbocycles. The first-order valence-electron chi connectivity index (χ1n) is 16.3. The second kappa shape index (κ2) is 13.7. The summed E-state index contributed by atoms with van der Waals surface area (Å²) in [6.07, 6.45) is 10.2. The molecule has 248 valence electrons. The monoisotopic (exact) mass is 682 g/mol. The molecule has 47 heavy (non-hydrogen) atoms. The SMILES string of the molecule is CC(OC(=O)OCC1CCCCC1)OC(=O)[C@H]1C2CCC(CC2)[C@@H]1Nc1nc(-c2c[nH]c3ncc(Cl)nc23)nc(-c2cccs2)c1F. The predicted octanol–water partition coefficient (Wildman–Crippen LogP) is 7.78. The lowest BCUT2D eigenvalue weighted by molar-refractivity contribution is -0.179. The molecule has 0 amide bonds. The van der Waals surface area contributed by atoms with Gasteiger partial charge in [-0.25, -0.2) is 29.1 Å². The number of nitrogens with one attached hydrogen (secondary N) is 2. The summed E-state index contributed by atoms with van der Waals surface area (Å²) in [5.74, 6) is -1.04. The average molecular weight is 683 g/mol. The highest BCUT2D eigenvalue weighted by Crippen LogP contribution is 2.47. The second-order valence-corrected chi connectivity index (χ2v) is 14.0. The van der Waals surface area contributed by atoms with Crippen molar-refractivity contribution in [3.8, 4) is 22.0 Å². The minimum atomic E-state index is -1.13. The van der Waals surface area contributed by atoms with Crippen molar-refractivity contribution in [1.29, 1.82) is 0 Å². The Morgan fingerprint density at radius 3 is 2.64 bits per heavy atom. The van der Waals surface area contributed by atoms with E-state index < -0.39 is 36.2 Å². The summed E-state index contributed by atoms with van der Waals surface area (Å²) in [4.78, 5) is 47.7. The zero-order valence-electron chi connectivity index (χ0n) is 25.9. The van der Waals surface area contributed by atoms with Crippen LogP contribution in [0.25, 0.3) is 33.1 Å². The van der Waals surface area contributed by atoms with E-state index in [1.54, 1.807) is 12.3 Å². The van der Waals surface area contributed by atoms with Crippen LogP contribution < -0.4 is 5.32 Å². The highest BCUT2D eigenvalue weighted by atomic mass is 35.5. The van der Waals surface area contributed by atoms with Gasteiger partial charge in [0, 0.05) is 19.2 Å². The quantitative estimate of drug-likeness (QED) is 0.133. The molecule has 2 bridgehead atoms. The Bertz CT molecular complexity index is 1740. The van der Waals surface area contributed by atoms with E-state index in [2.05, 4.69) is 30.2 Å². The van der Waals surface area contributed by atoms with E-state index in [0.29, 0.717) is 34.1 Å². The van der Waals surface area contributed by atoms with Crippen LogP contribution in [0, 0.1) is 29.5 Å². The molecule has 4 aromatic rings. The molecule has 0 saturated heterocycles. The third-order valence-corrected chi connectivity index (χ3v) is 10.8. The fourth-order valence-electron chi connectivity index (χ4n) is 7.41. The van der Waals surface area contributed by atoms with Gasteiger partial charge in [-0.05, 0) is 67.7 Å². The van der Waals surface area contributed by atoms with Crippen molar-refractivity contribution in [1.82, 2.24) is 24.9 Å². The van der Waals surface area contributed by atoms with Gasteiger partial charge in [0.05, 0.1) is 29.2 Å². The van der Waals surface area contributed by atoms with Crippen LogP contribution in [0.5, 0.6) is 0 Å². The summed E-state index contributed by atoms with van der Waals surface area (Å²) < 4.78 is 32.6. The summed E-state index contributed by atoms with van der Waals surface area (Å²) in [5, 5.41) is 5.37. The molecule has 8 rings (SSSR count). The van der Waals surface area contributed by atoms with Crippen molar-refractivity contribution >= 4 is 52.0 Å². The molecule has 0 aromatic carbocycles. The summed E-state index contributed by atoms with van der Waals surface area (Å²) in [7, 11) is 0. The molecular weight excluding hydrogens is 647 g/mol. The Morgan fingerprint density at radius 1 is 1.09 bits per heavy atom. The molecule has 4 aliphatic rings. The highest BCUT2D eigenvalue weighted by Gasteiger charge is 2.49. The number of thiophene rings is 1. The normalized spacial score (nSPS) is 23.4. The van der Waals surface area contributed by atoms with Gasteiger partial charge in [-0.15, -0.1) is 11.3 Å². The zero-order valence-corrected chi connectivity index (χ0v) is 27.5. The number of hydrogen-bond acceptors (Lipinski definition) is 11. The van der Waals surface area contributed by atoms with E-state index in [4.69, 9.17) is 25.8 Å². The van der Waals surface area contributed by atoms with Gasteiger partial charge < -0.3 is 24.5 Å². The van der Waals surface area contributed by atoms with E-state index >= 15 is 4.39 Å². The molecule has 3 atom stereocenters. The highest BCUT2D eigenvalue weighted by molar-refractivity contribution is 7.13. The maximum Gasteiger partial charge on any atom is 0.511 e. The number of carbonyl (C=O) groups is 2. The second-order valence-electron chi connectivity index (χ2n) is 12.7. The largest absolute Gasteiger partial charge is 0.511 e. The number of halogens is 2. The first-order chi connectivity index (χ1) is 22.8. The van der Waals surface area contributed by atoms with E-state index in [1.807, 2.05) is 11.4 Å². The van der Waals surface area contributed by atoms with E-state index in [-0.39, 0.29) is 34.3 Å². The van der Waals surface area contributed by atoms with Gasteiger partial charge in [0.1, 0.15) is 16.4 Å². The first-order valence-corrected chi connectivity index (χ1v) is 17.5. The number of H-pyrrole nitrogens is 1. The number of carbonyl (C=O) groups excluding carboxylic acids is 2. The lowest BCUT2D eigenvalue weighted by Crippen LogP contribution is -2.52. The van der Waals surface area contributed by atoms with E-state index in [1.165, 1.54) is 30.9 Å². The number of ether oxygens (including phenoxy) is 3. The number of anilines is 1. The molecule has 1 unspecified atom stereocenters. The standard InChI is InChI=1S/C33H36ClFN6O5S/c1-17(46-33(43)44-16-18-6-3-2-4-7-18)45-32(42)24-19-9-11-20(12-10-19)26(24)39-30-25(35)28(22-8-5-13-47-22)40-29(41-30)21-14-36-31-27(21)38-23(34)15-37-31/h5,8,13-15,17-20,24,26H,2-4,6-7,9-12,16H2,1H3,(H,36,37)(H,39,40,41)/t17?,19?,20?,24-,26-/m0/s1. The van der Waals surface area contributed by atoms with Crippen LogP contribution in [0.1, 0.15) is 64.7 Å². The summed E-state index contributed by atoms with van der Waals surface area (Å²) in [6.45, 7) is 1.80. The molecule has 2 N–H and O–H groups in total. The lowest BCUT2D eigenvalue weighted by atomic mass is 9.61. The van der Waals surface area contributed by atoms with Crippen molar-refractivity contribution in [2.75, 3.05) is 11.9 Å². The zero-order chi connectivity index (χ0) is 32.5. The molecule has 11 nitrogen and oxygen atoms in total. The van der Waals surface area contributed by atoms with Crippen LogP contribution in [-0.2, 0) is 19.0 Å². The Balaban J connectivity index is 1.12. The lowest BCUT2D eigenvalue weighted by Gasteiger charge is -2.47. The van der Waals surface area contributed by atoms with Gasteiger partial charge in [-0.3, -0.25) is 4.79 Å². The third kappa shape index (κ3) is 6.78. The van der Waals surface area contributed by atoms with Gasteiger partial charge in [0.25, 0.3) is 0 Å². The number of nitrogens with zero attached hydrogens (tertiary/aromatic N) is 4. The summed E-state index contributed by atoms with van der Waals surface area (Å²) in [6, 6.07) is 3.16. The van der Waals surface area contributed by atoms with Crippen LogP contribution in [0.2, 0.25) is 5.15 Å². The summed E-state index contributed by atoms with van der Waals surface area (Å²) >= 11 is 7.51. The number of fused-ring (bicyclic) bond motifs is 4. The molecule has 0 radical (unpaired) electrons. The fraction of sp³-hybridized carbons (Fsp3) is 0.515. The van der Waals surface area contributed by atoms with Gasteiger partial charge in [0.2, 0.25) is 6.29 Å². The van der Waals surface area contributed by atoms with Gasteiger partial charge in [0.15, 0.2) is 23.1 Å². The fourth-order valence-corrected chi connectivity index (χ4v) is 8.25. The van der Waals surface area contributed by atoms with Crippen LogP contribution in [0.3, 0.4) is 0 Å². The molecular formula is C33H36ClFN6O5S. The van der Waals surface area contributed by atoms with Gasteiger partial charge in [-0.1, -0.05) is 36.9 Å². The smallest absolute Gasteiger partial charge is 0.434 e. The van der Waals surface area contributed by atoms with Crippen LogP contribution in [-0.4, -0.2) is 56.0 Å². The Morgan fingerprint density at radius 2 is 1.87 bits per heavy atom. The number of esters is 1.